The van der Waals surface area contributed by atoms with Gasteiger partial charge in [-0.25, -0.2) is 0 Å². The number of hydrogen-bond donors (Lipinski definition) is 1. The third-order valence-corrected chi connectivity index (χ3v) is 3.96. The van der Waals surface area contributed by atoms with Crippen LogP contribution in [-0.4, -0.2) is 20.3 Å². The van der Waals surface area contributed by atoms with Gasteiger partial charge in [-0.15, -0.1) is 0 Å². The molecular weight excluding hydrogens is 226 g/mol. The first-order chi connectivity index (χ1) is 8.65. The summed E-state index contributed by atoms with van der Waals surface area (Å²) in [5.41, 5.74) is 7.50. The number of methoxy groups -OCH3 is 2. The van der Waals surface area contributed by atoms with Crippen molar-refractivity contribution in [2.24, 2.45) is 17.6 Å². The highest BCUT2D eigenvalue weighted by atomic mass is 16.5. The van der Waals surface area contributed by atoms with Gasteiger partial charge in [0.25, 0.3) is 0 Å². The molecule has 0 amide bonds. The summed E-state index contributed by atoms with van der Waals surface area (Å²) in [6.45, 7) is 2.27. The molecule has 1 fully saturated rings. The van der Waals surface area contributed by atoms with E-state index in [4.69, 9.17) is 15.2 Å². The fraction of sp³-hybridized carbons (Fsp3) is 0.600. The number of nitrogens with two attached hydrogens (primary N) is 1. The van der Waals surface area contributed by atoms with Crippen LogP contribution in [0.5, 0.6) is 11.5 Å². The number of benzene rings is 1. The molecule has 0 spiro atoms. The van der Waals surface area contributed by atoms with Crippen molar-refractivity contribution in [3.8, 4) is 11.5 Å². The molecule has 1 saturated carbocycles. The van der Waals surface area contributed by atoms with Crippen LogP contribution >= 0.6 is 0 Å². The zero-order valence-corrected chi connectivity index (χ0v) is 11.5. The highest BCUT2D eigenvalue weighted by Gasteiger charge is 2.31. The lowest BCUT2D eigenvalue weighted by Gasteiger charge is -2.20. The Morgan fingerprint density at radius 2 is 1.89 bits per heavy atom. The molecule has 0 heterocycles. The van der Waals surface area contributed by atoms with E-state index in [-0.39, 0.29) is 6.04 Å². The van der Waals surface area contributed by atoms with Crippen molar-refractivity contribution in [2.45, 2.75) is 32.2 Å². The molecule has 3 nitrogen and oxygen atoms in total. The molecule has 1 aromatic rings. The van der Waals surface area contributed by atoms with Crippen LogP contribution in [0.4, 0.5) is 0 Å². The Kier molecular flexibility index (Phi) is 4.12. The maximum atomic E-state index is 6.28. The lowest BCUT2D eigenvalue weighted by atomic mass is 9.92. The van der Waals surface area contributed by atoms with Crippen molar-refractivity contribution in [1.29, 1.82) is 0 Å². The molecule has 100 valence electrons. The first-order valence-electron chi connectivity index (χ1n) is 6.62. The standard InChI is InChI=1S/C15H23NO2/c1-10(12-5-6-12)13(16)8-11-4-7-14(17-2)15(9-11)18-3/h4,7,9-10,12-13H,5-6,8,16H2,1-3H3. The number of ether oxygens (including phenoxy) is 2. The molecule has 1 aliphatic carbocycles. The van der Waals surface area contributed by atoms with Crippen LogP contribution in [0.3, 0.4) is 0 Å². The fourth-order valence-corrected chi connectivity index (χ4v) is 2.44. The van der Waals surface area contributed by atoms with Crippen LogP contribution in [0.15, 0.2) is 18.2 Å². The number of rotatable bonds is 6. The fourth-order valence-electron chi connectivity index (χ4n) is 2.44. The second kappa shape index (κ2) is 5.61. The van der Waals surface area contributed by atoms with Crippen molar-refractivity contribution >= 4 is 0 Å². The highest BCUT2D eigenvalue weighted by Crippen LogP contribution is 2.38. The third kappa shape index (κ3) is 2.96. The largest absolute Gasteiger partial charge is 0.493 e. The molecule has 3 heteroatoms. The van der Waals surface area contributed by atoms with E-state index in [2.05, 4.69) is 13.0 Å². The number of hydrogen-bond acceptors (Lipinski definition) is 3. The van der Waals surface area contributed by atoms with Crippen LogP contribution in [0.25, 0.3) is 0 Å². The van der Waals surface area contributed by atoms with E-state index < -0.39 is 0 Å². The van der Waals surface area contributed by atoms with E-state index >= 15 is 0 Å². The van der Waals surface area contributed by atoms with Gasteiger partial charge < -0.3 is 15.2 Å². The molecule has 0 radical (unpaired) electrons. The van der Waals surface area contributed by atoms with Crippen molar-refractivity contribution in [2.75, 3.05) is 14.2 Å². The van der Waals surface area contributed by atoms with Crippen molar-refractivity contribution in [3.05, 3.63) is 23.8 Å². The molecule has 2 unspecified atom stereocenters. The van der Waals surface area contributed by atoms with Gasteiger partial charge in [-0.2, -0.15) is 0 Å². The smallest absolute Gasteiger partial charge is 0.160 e. The Morgan fingerprint density at radius 1 is 1.22 bits per heavy atom. The second-order valence-electron chi connectivity index (χ2n) is 5.25. The van der Waals surface area contributed by atoms with Crippen molar-refractivity contribution in [3.63, 3.8) is 0 Å². The van der Waals surface area contributed by atoms with Crippen LogP contribution < -0.4 is 15.2 Å². The Morgan fingerprint density at radius 3 is 2.44 bits per heavy atom. The van der Waals surface area contributed by atoms with Crippen LogP contribution in [0.1, 0.15) is 25.3 Å². The lowest BCUT2D eigenvalue weighted by Crippen LogP contribution is -2.31. The molecule has 2 atom stereocenters. The van der Waals surface area contributed by atoms with E-state index in [1.807, 2.05) is 12.1 Å². The molecule has 0 aliphatic heterocycles. The molecule has 2 rings (SSSR count). The average Bonchev–Trinajstić information content (AvgIpc) is 3.21. The average molecular weight is 249 g/mol. The second-order valence-corrected chi connectivity index (χ2v) is 5.25. The molecule has 0 saturated heterocycles. The summed E-state index contributed by atoms with van der Waals surface area (Å²) >= 11 is 0. The van der Waals surface area contributed by atoms with Gasteiger partial charge in [-0.1, -0.05) is 13.0 Å². The summed E-state index contributed by atoms with van der Waals surface area (Å²) in [5, 5.41) is 0. The summed E-state index contributed by atoms with van der Waals surface area (Å²) in [5.74, 6) is 3.00. The SMILES string of the molecule is COc1ccc(CC(N)C(C)C2CC2)cc1OC. The van der Waals surface area contributed by atoms with E-state index in [0.717, 1.165) is 23.8 Å². The Labute approximate surface area is 109 Å². The Bertz CT molecular complexity index is 401. The molecule has 2 N–H and O–H groups in total. The zero-order valence-electron chi connectivity index (χ0n) is 11.5. The van der Waals surface area contributed by atoms with Gasteiger partial charge in [0.1, 0.15) is 0 Å². The normalized spacial score (nSPS) is 18.2. The highest BCUT2D eigenvalue weighted by molar-refractivity contribution is 5.43. The molecule has 0 aromatic heterocycles. The maximum absolute atomic E-state index is 6.28. The topological polar surface area (TPSA) is 44.5 Å². The minimum atomic E-state index is 0.232. The van der Waals surface area contributed by atoms with Crippen molar-refractivity contribution < 1.29 is 9.47 Å². The van der Waals surface area contributed by atoms with Crippen LogP contribution in [0, 0.1) is 11.8 Å². The first kappa shape index (κ1) is 13.2. The summed E-state index contributed by atoms with van der Waals surface area (Å²) < 4.78 is 10.5. The minimum absolute atomic E-state index is 0.232. The quantitative estimate of drug-likeness (QED) is 0.843. The Hall–Kier alpha value is -1.22. The monoisotopic (exact) mass is 249 g/mol. The van der Waals surface area contributed by atoms with E-state index in [0.29, 0.717) is 5.92 Å². The molecule has 1 aromatic carbocycles. The van der Waals surface area contributed by atoms with Crippen molar-refractivity contribution in [1.82, 2.24) is 0 Å². The summed E-state index contributed by atoms with van der Waals surface area (Å²) in [7, 11) is 3.31. The maximum Gasteiger partial charge on any atom is 0.160 e. The van der Waals surface area contributed by atoms with Gasteiger partial charge in [0.2, 0.25) is 0 Å². The van der Waals surface area contributed by atoms with Gasteiger partial charge in [0.05, 0.1) is 14.2 Å². The molecule has 0 bridgehead atoms. The predicted molar refractivity (Wildman–Crippen MR) is 73.1 cm³/mol. The Balaban J connectivity index is 2.04. The van der Waals surface area contributed by atoms with Gasteiger partial charge >= 0.3 is 0 Å². The van der Waals surface area contributed by atoms with Crippen LogP contribution in [-0.2, 0) is 6.42 Å². The first-order valence-corrected chi connectivity index (χ1v) is 6.62. The van der Waals surface area contributed by atoms with Gasteiger partial charge in [0, 0.05) is 6.04 Å². The lowest BCUT2D eigenvalue weighted by molar-refractivity contribution is 0.353. The van der Waals surface area contributed by atoms with Gasteiger partial charge in [0.15, 0.2) is 11.5 Å². The summed E-state index contributed by atoms with van der Waals surface area (Å²) in [6, 6.07) is 6.28. The van der Waals surface area contributed by atoms with E-state index in [1.54, 1.807) is 14.2 Å². The molecule has 1 aliphatic rings. The molecule has 18 heavy (non-hydrogen) atoms. The van der Waals surface area contributed by atoms with Gasteiger partial charge in [-0.3, -0.25) is 0 Å². The third-order valence-electron chi connectivity index (χ3n) is 3.96. The van der Waals surface area contributed by atoms with E-state index in [1.165, 1.54) is 18.4 Å². The minimum Gasteiger partial charge on any atom is -0.493 e. The summed E-state index contributed by atoms with van der Waals surface area (Å²) in [6.07, 6.45) is 3.60. The van der Waals surface area contributed by atoms with Gasteiger partial charge in [-0.05, 0) is 48.8 Å². The predicted octanol–water partition coefficient (Wildman–Crippen LogP) is 2.62. The summed E-state index contributed by atoms with van der Waals surface area (Å²) in [4.78, 5) is 0. The van der Waals surface area contributed by atoms with E-state index in [9.17, 15) is 0 Å². The van der Waals surface area contributed by atoms with Crippen LogP contribution in [0.2, 0.25) is 0 Å². The molecular formula is C15H23NO2. The zero-order chi connectivity index (χ0) is 13.1.